The van der Waals surface area contributed by atoms with E-state index in [0.29, 0.717) is 0 Å². The van der Waals surface area contributed by atoms with Crippen LogP contribution in [0.3, 0.4) is 0 Å². The van der Waals surface area contributed by atoms with Crippen molar-refractivity contribution in [1.82, 2.24) is 0 Å². The first-order chi connectivity index (χ1) is 5.22. The molecule has 1 rings (SSSR count). The molecule has 2 nitrogen and oxygen atoms in total. The normalized spacial score (nSPS) is 10.0. The third-order valence-corrected chi connectivity index (χ3v) is 6.13. The molecule has 1 aromatic rings. The minimum absolute atomic E-state index is 0.598. The summed E-state index contributed by atoms with van der Waals surface area (Å²) in [5.74, 6) is 0. The first kappa shape index (κ1) is 8.60. The summed E-state index contributed by atoms with van der Waals surface area (Å²) in [5.41, 5.74) is 0. The van der Waals surface area contributed by atoms with Gasteiger partial charge in [0.1, 0.15) is 0 Å². The Hall–Kier alpha value is -0.492. The van der Waals surface area contributed by atoms with Gasteiger partial charge in [0.05, 0.1) is 0 Å². The molecule has 11 heavy (non-hydrogen) atoms. The molecule has 1 aromatic carbocycles. The molecule has 0 aromatic heterocycles. The number of hydrogen-bond acceptors (Lipinski definition) is 1. The maximum atomic E-state index is 10.6. The van der Waals surface area contributed by atoms with E-state index >= 15 is 0 Å². The van der Waals surface area contributed by atoms with Gasteiger partial charge in [0.25, 0.3) is 0 Å². The molecule has 1 N–H and O–H groups in total. The SMILES string of the molecule is [CH3][Sb]([C](=O)O)[c]1ccccc1. The summed E-state index contributed by atoms with van der Waals surface area (Å²) in [4.78, 5) is 12.4. The zero-order chi connectivity index (χ0) is 8.27. The number of carbonyl (C=O) groups is 1. The molecular weight excluding hydrogens is 250 g/mol. The fraction of sp³-hybridized carbons (Fsp3) is 0.125. The summed E-state index contributed by atoms with van der Waals surface area (Å²) in [6, 6.07) is 9.48. The van der Waals surface area contributed by atoms with E-state index in [-0.39, 0.29) is 0 Å². The Bertz CT molecular complexity index is 246. The third-order valence-electron chi connectivity index (χ3n) is 1.43. The number of benzene rings is 1. The topological polar surface area (TPSA) is 37.3 Å². The van der Waals surface area contributed by atoms with Crippen LogP contribution >= 0.6 is 0 Å². The standard InChI is InChI=1S/C6H5.CHO2.CH3.Sb/c1-2-4-6-5-3-1;2-1-3;;/h1-5H;(H,2,3);1H3;. The fourth-order valence-corrected chi connectivity index (χ4v) is 3.16. The first-order valence-corrected chi connectivity index (χ1v) is 8.34. The van der Waals surface area contributed by atoms with Crippen molar-refractivity contribution in [2.75, 3.05) is 0 Å². The van der Waals surface area contributed by atoms with Crippen molar-refractivity contribution in [3.63, 3.8) is 0 Å². The molecule has 0 unspecified atom stereocenters. The van der Waals surface area contributed by atoms with Gasteiger partial charge in [0, 0.05) is 0 Å². The summed E-state index contributed by atoms with van der Waals surface area (Å²) < 4.78 is 0.433. The summed E-state index contributed by atoms with van der Waals surface area (Å²) in [7, 11) is 0. The van der Waals surface area contributed by atoms with Gasteiger partial charge in [-0.15, -0.1) is 0 Å². The molecule has 58 valence electrons. The predicted octanol–water partition coefficient (Wildman–Crippen LogP) is 1.28. The van der Waals surface area contributed by atoms with Crippen molar-refractivity contribution in [2.24, 2.45) is 0 Å². The van der Waals surface area contributed by atoms with Gasteiger partial charge in [-0.1, -0.05) is 0 Å². The quantitative estimate of drug-likeness (QED) is 0.812. The molecule has 0 aliphatic carbocycles. The van der Waals surface area contributed by atoms with Crippen LogP contribution in [0, 0.1) is 0 Å². The van der Waals surface area contributed by atoms with Crippen molar-refractivity contribution in [2.45, 2.75) is 4.87 Å². The van der Waals surface area contributed by atoms with Gasteiger partial charge < -0.3 is 0 Å². The third kappa shape index (κ3) is 2.23. The molecule has 0 spiro atoms. The van der Waals surface area contributed by atoms with E-state index in [1.165, 1.54) is 0 Å². The Morgan fingerprint density at radius 2 is 1.91 bits per heavy atom. The summed E-state index contributed by atoms with van der Waals surface area (Å²) in [6.45, 7) is 0. The molecule has 0 atom stereocenters. The second-order valence-electron chi connectivity index (χ2n) is 2.18. The van der Waals surface area contributed by atoms with Crippen molar-refractivity contribution < 1.29 is 9.90 Å². The van der Waals surface area contributed by atoms with Crippen LogP contribution in [0.15, 0.2) is 30.3 Å². The van der Waals surface area contributed by atoms with Crippen LogP contribution < -0.4 is 3.51 Å². The van der Waals surface area contributed by atoms with Gasteiger partial charge in [-0.25, -0.2) is 0 Å². The second-order valence-corrected chi connectivity index (χ2v) is 7.93. The molecule has 3 heteroatoms. The van der Waals surface area contributed by atoms with Gasteiger partial charge in [-0.3, -0.25) is 0 Å². The van der Waals surface area contributed by atoms with Crippen LogP contribution in [0.25, 0.3) is 0 Å². The number of rotatable bonds is 2. The van der Waals surface area contributed by atoms with E-state index in [1.807, 2.05) is 35.2 Å². The van der Waals surface area contributed by atoms with Crippen LogP contribution in [-0.2, 0) is 0 Å². The van der Waals surface area contributed by atoms with E-state index < -0.39 is 24.1 Å². The van der Waals surface area contributed by atoms with Gasteiger partial charge in [-0.2, -0.15) is 0 Å². The predicted molar refractivity (Wildman–Crippen MR) is 45.7 cm³/mol. The average molecular weight is 259 g/mol. The molecule has 0 fully saturated rings. The van der Waals surface area contributed by atoms with Gasteiger partial charge >= 0.3 is 72.7 Å². The zero-order valence-electron chi connectivity index (χ0n) is 6.19. The Morgan fingerprint density at radius 3 is 2.36 bits per heavy atom. The molecule has 0 saturated heterocycles. The van der Waals surface area contributed by atoms with Gasteiger partial charge in [0.15, 0.2) is 0 Å². The molecule has 0 radical (unpaired) electrons. The molecule has 0 amide bonds. The van der Waals surface area contributed by atoms with E-state index in [2.05, 4.69) is 0 Å². The van der Waals surface area contributed by atoms with E-state index in [4.69, 9.17) is 5.11 Å². The molecule has 0 aliphatic heterocycles. The summed E-state index contributed by atoms with van der Waals surface area (Å²) in [6.07, 6.45) is 0. The van der Waals surface area contributed by atoms with E-state index in [1.54, 1.807) is 0 Å². The number of hydrogen-bond donors (Lipinski definition) is 1. The monoisotopic (exact) mass is 258 g/mol. The minimum atomic E-state index is -2.14. The van der Waals surface area contributed by atoms with Crippen LogP contribution in [0.4, 0.5) is 4.79 Å². The first-order valence-electron chi connectivity index (χ1n) is 3.23. The summed E-state index contributed by atoms with van der Waals surface area (Å²) in [5, 5.41) is 8.72. The second kappa shape index (κ2) is 3.77. The van der Waals surface area contributed by atoms with Gasteiger partial charge in [-0.05, 0) is 0 Å². The van der Waals surface area contributed by atoms with Crippen molar-refractivity contribution in [3.8, 4) is 0 Å². The molecular formula is C8H9O2Sb. The Morgan fingerprint density at radius 1 is 1.36 bits per heavy atom. The van der Waals surface area contributed by atoms with Crippen LogP contribution in [0.1, 0.15) is 0 Å². The van der Waals surface area contributed by atoms with Crippen molar-refractivity contribution in [3.05, 3.63) is 30.3 Å². The van der Waals surface area contributed by atoms with Crippen molar-refractivity contribution >= 4 is 27.6 Å². The summed E-state index contributed by atoms with van der Waals surface area (Å²) >= 11 is -2.14. The molecule has 0 heterocycles. The van der Waals surface area contributed by atoms with Crippen LogP contribution in [0.2, 0.25) is 4.87 Å². The Labute approximate surface area is 72.8 Å². The molecule has 0 aliphatic rings. The fourth-order valence-electron chi connectivity index (χ4n) is 0.762. The average Bonchev–Trinajstić information content (AvgIpc) is 2.05. The van der Waals surface area contributed by atoms with Gasteiger partial charge in [0.2, 0.25) is 0 Å². The van der Waals surface area contributed by atoms with Crippen LogP contribution in [0.5, 0.6) is 0 Å². The van der Waals surface area contributed by atoms with E-state index in [9.17, 15) is 4.79 Å². The van der Waals surface area contributed by atoms with Crippen molar-refractivity contribution in [1.29, 1.82) is 0 Å². The molecule has 0 saturated carbocycles. The van der Waals surface area contributed by atoms with Crippen LogP contribution in [-0.4, -0.2) is 29.2 Å². The zero-order valence-corrected chi connectivity index (χ0v) is 8.74. The van der Waals surface area contributed by atoms with E-state index in [0.717, 1.165) is 3.51 Å². The molecule has 0 bridgehead atoms. The Kier molecular flexibility index (Phi) is 2.95. The number of carboxylic acid groups (broad SMARTS) is 1. The maximum absolute atomic E-state index is 10.6. The Balaban J connectivity index is 2.85.